The molecule has 0 unspecified atom stereocenters. The van der Waals surface area contributed by atoms with Gasteiger partial charge in [-0.2, -0.15) is 0 Å². The van der Waals surface area contributed by atoms with Gasteiger partial charge in [0, 0.05) is 25.4 Å². The van der Waals surface area contributed by atoms with Crippen LogP contribution >= 0.6 is 12.2 Å². The van der Waals surface area contributed by atoms with E-state index < -0.39 is 0 Å². The third kappa shape index (κ3) is 2.39. The highest BCUT2D eigenvalue weighted by Crippen LogP contribution is 2.08. The summed E-state index contributed by atoms with van der Waals surface area (Å²) >= 11 is 4.82. The van der Waals surface area contributed by atoms with Crippen molar-refractivity contribution in [2.75, 3.05) is 18.5 Å². The molecule has 70 valence electrons. The number of nitrogens with two attached hydrogens (primary N) is 1. The zero-order chi connectivity index (χ0) is 9.84. The van der Waals surface area contributed by atoms with E-state index in [9.17, 15) is 0 Å². The fourth-order valence-corrected chi connectivity index (χ4v) is 1.04. The largest absolute Gasteiger partial charge is 0.389 e. The van der Waals surface area contributed by atoms with Crippen LogP contribution in [0, 0.1) is 0 Å². The van der Waals surface area contributed by atoms with Crippen LogP contribution in [0.2, 0.25) is 0 Å². The first kappa shape index (κ1) is 9.92. The molecule has 0 atom stereocenters. The van der Waals surface area contributed by atoms with Gasteiger partial charge in [0.05, 0.1) is 0 Å². The van der Waals surface area contributed by atoms with Crippen molar-refractivity contribution in [3.8, 4) is 0 Å². The number of hydrogen-bond acceptors (Lipinski definition) is 3. The predicted molar refractivity (Wildman–Crippen MR) is 59.1 cm³/mol. The molecule has 4 heteroatoms. The van der Waals surface area contributed by atoms with Crippen molar-refractivity contribution >= 4 is 23.0 Å². The highest BCUT2D eigenvalue weighted by Gasteiger charge is 2.00. The van der Waals surface area contributed by atoms with E-state index in [0.29, 0.717) is 4.99 Å². The van der Waals surface area contributed by atoms with E-state index in [1.807, 2.05) is 24.1 Å². The SMILES string of the molecule is CCN(C)c1ccc(C(N)=S)cn1. The lowest BCUT2D eigenvalue weighted by Gasteiger charge is -2.15. The lowest BCUT2D eigenvalue weighted by Crippen LogP contribution is -2.17. The minimum Gasteiger partial charge on any atom is -0.389 e. The molecule has 1 heterocycles. The average molecular weight is 195 g/mol. The second-order valence-corrected chi connectivity index (χ2v) is 3.22. The molecule has 0 spiro atoms. The Morgan fingerprint density at radius 3 is 2.69 bits per heavy atom. The van der Waals surface area contributed by atoms with E-state index in [1.54, 1.807) is 6.20 Å². The minimum absolute atomic E-state index is 0.387. The highest BCUT2D eigenvalue weighted by molar-refractivity contribution is 7.80. The molecule has 0 aliphatic rings. The van der Waals surface area contributed by atoms with Crippen molar-refractivity contribution in [2.24, 2.45) is 5.73 Å². The number of rotatable bonds is 3. The minimum atomic E-state index is 0.387. The fourth-order valence-electron chi connectivity index (χ4n) is 0.920. The topological polar surface area (TPSA) is 42.1 Å². The van der Waals surface area contributed by atoms with Crippen LogP contribution in [0.1, 0.15) is 12.5 Å². The summed E-state index contributed by atoms with van der Waals surface area (Å²) < 4.78 is 0. The Kier molecular flexibility index (Phi) is 3.19. The predicted octanol–water partition coefficient (Wildman–Crippen LogP) is 1.17. The van der Waals surface area contributed by atoms with E-state index in [1.165, 1.54) is 0 Å². The summed E-state index contributed by atoms with van der Waals surface area (Å²) in [5.41, 5.74) is 6.26. The number of pyridine rings is 1. The first-order chi connectivity index (χ1) is 6.15. The van der Waals surface area contributed by atoms with Crippen molar-refractivity contribution in [1.82, 2.24) is 4.98 Å². The summed E-state index contributed by atoms with van der Waals surface area (Å²) in [4.78, 5) is 6.66. The van der Waals surface area contributed by atoms with Crippen LogP contribution in [0.4, 0.5) is 5.82 Å². The normalized spacial score (nSPS) is 9.69. The Labute approximate surface area is 83.6 Å². The van der Waals surface area contributed by atoms with Crippen LogP contribution in [0.3, 0.4) is 0 Å². The molecule has 0 saturated carbocycles. The third-order valence-corrected chi connectivity index (χ3v) is 2.13. The van der Waals surface area contributed by atoms with Gasteiger partial charge in [-0.15, -0.1) is 0 Å². The monoisotopic (exact) mass is 195 g/mol. The molecule has 1 aromatic rings. The summed E-state index contributed by atoms with van der Waals surface area (Å²) in [6.45, 7) is 3.00. The first-order valence-corrected chi connectivity index (χ1v) is 4.53. The zero-order valence-electron chi connectivity index (χ0n) is 7.82. The summed E-state index contributed by atoms with van der Waals surface area (Å²) in [5.74, 6) is 0.933. The maximum atomic E-state index is 5.45. The van der Waals surface area contributed by atoms with Gasteiger partial charge in [-0.3, -0.25) is 0 Å². The number of aromatic nitrogens is 1. The van der Waals surface area contributed by atoms with E-state index in [0.717, 1.165) is 17.9 Å². The molecule has 3 nitrogen and oxygen atoms in total. The van der Waals surface area contributed by atoms with Crippen molar-refractivity contribution in [3.05, 3.63) is 23.9 Å². The Bertz CT molecular complexity index is 294. The van der Waals surface area contributed by atoms with Crippen molar-refractivity contribution < 1.29 is 0 Å². The Hall–Kier alpha value is -1.16. The molecule has 0 radical (unpaired) electrons. The van der Waals surface area contributed by atoms with Gasteiger partial charge in [0.1, 0.15) is 10.8 Å². The van der Waals surface area contributed by atoms with Crippen LogP contribution in [0.15, 0.2) is 18.3 Å². The molecule has 0 bridgehead atoms. The van der Waals surface area contributed by atoms with Gasteiger partial charge in [0.25, 0.3) is 0 Å². The highest BCUT2D eigenvalue weighted by atomic mass is 32.1. The van der Waals surface area contributed by atoms with E-state index in [-0.39, 0.29) is 0 Å². The zero-order valence-corrected chi connectivity index (χ0v) is 8.64. The molecule has 0 saturated heterocycles. The molecule has 0 amide bonds. The molecule has 2 N–H and O–H groups in total. The molecule has 0 aromatic carbocycles. The van der Waals surface area contributed by atoms with Gasteiger partial charge in [0.2, 0.25) is 0 Å². The van der Waals surface area contributed by atoms with Gasteiger partial charge in [-0.1, -0.05) is 12.2 Å². The molecular formula is C9H13N3S. The van der Waals surface area contributed by atoms with Gasteiger partial charge in [0.15, 0.2) is 0 Å². The summed E-state index contributed by atoms with van der Waals surface area (Å²) in [7, 11) is 1.99. The lowest BCUT2D eigenvalue weighted by molar-refractivity contribution is 0.938. The maximum absolute atomic E-state index is 5.45. The Morgan fingerprint density at radius 1 is 1.62 bits per heavy atom. The van der Waals surface area contributed by atoms with Gasteiger partial charge >= 0.3 is 0 Å². The van der Waals surface area contributed by atoms with Gasteiger partial charge < -0.3 is 10.6 Å². The lowest BCUT2D eigenvalue weighted by atomic mass is 10.3. The quantitative estimate of drug-likeness (QED) is 0.735. The number of thiocarbonyl (C=S) groups is 1. The molecule has 0 aliphatic carbocycles. The third-order valence-electron chi connectivity index (χ3n) is 1.90. The summed E-state index contributed by atoms with van der Waals surface area (Å²) in [6.07, 6.45) is 1.70. The smallest absolute Gasteiger partial charge is 0.128 e. The van der Waals surface area contributed by atoms with Crippen LogP contribution < -0.4 is 10.6 Å². The van der Waals surface area contributed by atoms with Gasteiger partial charge in [-0.05, 0) is 19.1 Å². The molecular weight excluding hydrogens is 182 g/mol. The molecule has 0 aliphatic heterocycles. The van der Waals surface area contributed by atoms with Crippen LogP contribution in [0.5, 0.6) is 0 Å². The van der Waals surface area contributed by atoms with Crippen molar-refractivity contribution in [1.29, 1.82) is 0 Å². The number of anilines is 1. The maximum Gasteiger partial charge on any atom is 0.128 e. The fraction of sp³-hybridized carbons (Fsp3) is 0.333. The number of nitrogens with zero attached hydrogens (tertiary/aromatic N) is 2. The van der Waals surface area contributed by atoms with Crippen LogP contribution in [-0.4, -0.2) is 23.6 Å². The second kappa shape index (κ2) is 4.18. The van der Waals surface area contributed by atoms with Gasteiger partial charge in [-0.25, -0.2) is 4.98 Å². The van der Waals surface area contributed by atoms with E-state index in [4.69, 9.17) is 18.0 Å². The van der Waals surface area contributed by atoms with Crippen LogP contribution in [0.25, 0.3) is 0 Å². The van der Waals surface area contributed by atoms with Crippen molar-refractivity contribution in [3.63, 3.8) is 0 Å². The first-order valence-electron chi connectivity index (χ1n) is 4.12. The molecule has 1 rings (SSSR count). The van der Waals surface area contributed by atoms with Crippen LogP contribution in [-0.2, 0) is 0 Å². The molecule has 13 heavy (non-hydrogen) atoms. The average Bonchev–Trinajstić information content (AvgIpc) is 2.17. The van der Waals surface area contributed by atoms with E-state index in [2.05, 4.69) is 11.9 Å². The summed E-state index contributed by atoms with van der Waals surface area (Å²) in [5, 5.41) is 0. The molecule has 0 fully saturated rings. The standard InChI is InChI=1S/C9H13N3S/c1-3-12(2)8-5-4-7(6-11-8)9(10)13/h4-6H,3H2,1-2H3,(H2,10,13). The summed E-state index contributed by atoms with van der Waals surface area (Å²) in [6, 6.07) is 3.80. The molecule has 1 aromatic heterocycles. The Balaban J connectivity index is 2.87. The second-order valence-electron chi connectivity index (χ2n) is 2.78. The van der Waals surface area contributed by atoms with Crippen molar-refractivity contribution in [2.45, 2.75) is 6.92 Å². The Morgan fingerprint density at radius 2 is 2.31 bits per heavy atom. The number of hydrogen-bond donors (Lipinski definition) is 1. The van der Waals surface area contributed by atoms with E-state index >= 15 is 0 Å².